The fourth-order valence-corrected chi connectivity index (χ4v) is 2.93. The number of ether oxygens (including phenoxy) is 2. The average Bonchev–Trinajstić information content (AvgIpc) is 3.46. The van der Waals surface area contributed by atoms with Crippen LogP contribution in [0.3, 0.4) is 0 Å². The lowest BCUT2D eigenvalue weighted by Crippen LogP contribution is -2.12. The molecule has 0 saturated carbocycles. The van der Waals surface area contributed by atoms with Crippen molar-refractivity contribution in [2.45, 2.75) is 25.0 Å². The van der Waals surface area contributed by atoms with E-state index in [1.165, 1.54) is 0 Å². The lowest BCUT2D eigenvalue weighted by molar-refractivity contribution is 0.103. The van der Waals surface area contributed by atoms with Crippen molar-refractivity contribution < 1.29 is 19.4 Å². The number of hydrogen-bond acceptors (Lipinski definition) is 4. The van der Waals surface area contributed by atoms with Crippen LogP contribution in [-0.2, 0) is 22.3 Å². The summed E-state index contributed by atoms with van der Waals surface area (Å²) in [4.78, 5) is 12.9. The van der Waals surface area contributed by atoms with Crippen molar-refractivity contribution in [1.29, 1.82) is 0 Å². The molecule has 2 saturated heterocycles. The van der Waals surface area contributed by atoms with Crippen molar-refractivity contribution in [2.75, 3.05) is 13.2 Å². The van der Waals surface area contributed by atoms with Crippen LogP contribution in [0, 0.1) is 0 Å². The smallest absolute Gasteiger partial charge is 0.193 e. The maximum Gasteiger partial charge on any atom is 0.193 e. The predicted octanol–water partition coefficient (Wildman–Crippen LogP) is 2.51. The van der Waals surface area contributed by atoms with E-state index in [2.05, 4.69) is 0 Å². The molecule has 2 atom stereocenters. The molecule has 118 valence electrons. The van der Waals surface area contributed by atoms with E-state index in [0.29, 0.717) is 30.6 Å². The quantitative estimate of drug-likeness (QED) is 0.658. The van der Waals surface area contributed by atoms with Gasteiger partial charge in [0.25, 0.3) is 0 Å². The lowest BCUT2D eigenvalue weighted by atomic mass is 9.89. The van der Waals surface area contributed by atoms with Gasteiger partial charge in [-0.05, 0) is 17.7 Å². The zero-order chi connectivity index (χ0) is 15.8. The Morgan fingerprint density at radius 1 is 0.957 bits per heavy atom. The first-order valence-corrected chi connectivity index (χ1v) is 7.89. The third kappa shape index (κ3) is 3.14. The van der Waals surface area contributed by atoms with Crippen molar-refractivity contribution in [2.24, 2.45) is 0 Å². The Bertz CT molecular complexity index is 731. The van der Waals surface area contributed by atoms with E-state index < -0.39 is 0 Å². The van der Waals surface area contributed by atoms with Crippen molar-refractivity contribution in [3.63, 3.8) is 0 Å². The maximum absolute atomic E-state index is 12.9. The van der Waals surface area contributed by atoms with E-state index in [1.807, 2.05) is 30.3 Å². The first-order valence-electron chi connectivity index (χ1n) is 7.89. The molecule has 2 aliphatic heterocycles. The lowest BCUT2D eigenvalue weighted by Gasteiger charge is -2.15. The topological polar surface area (TPSA) is 62.4 Å². The highest BCUT2D eigenvalue weighted by atomic mass is 16.6. The average molecular weight is 310 g/mol. The number of rotatable bonds is 6. The van der Waals surface area contributed by atoms with Gasteiger partial charge in [0.15, 0.2) is 5.78 Å². The Labute approximate surface area is 134 Å². The van der Waals surface area contributed by atoms with Gasteiger partial charge in [-0.2, -0.15) is 0 Å². The molecule has 4 nitrogen and oxygen atoms in total. The number of hydrogen-bond donors (Lipinski definition) is 1. The fraction of sp³-hybridized carbons (Fsp3) is 0.316. The second-order valence-corrected chi connectivity index (χ2v) is 6.10. The number of carbonyl (C=O) groups excluding carboxylic acids is 1. The summed E-state index contributed by atoms with van der Waals surface area (Å²) in [6, 6.07) is 12.6. The summed E-state index contributed by atoms with van der Waals surface area (Å²) in [5.41, 5.74) is 3.03. The molecule has 23 heavy (non-hydrogen) atoms. The Hall–Kier alpha value is -2.17. The van der Waals surface area contributed by atoms with E-state index in [1.54, 1.807) is 12.1 Å². The molecule has 1 N–H and O–H groups in total. The van der Waals surface area contributed by atoms with Crippen LogP contribution >= 0.6 is 0 Å². The van der Waals surface area contributed by atoms with Gasteiger partial charge < -0.3 is 14.6 Å². The van der Waals surface area contributed by atoms with Crippen LogP contribution < -0.4 is 0 Å². The number of aromatic hydroxyl groups is 1. The normalized spacial score (nSPS) is 21.9. The largest absolute Gasteiger partial charge is 0.508 e. The van der Waals surface area contributed by atoms with Gasteiger partial charge in [-0.1, -0.05) is 30.3 Å². The Balaban J connectivity index is 1.76. The summed E-state index contributed by atoms with van der Waals surface area (Å²) in [5, 5.41) is 10.3. The van der Waals surface area contributed by atoms with E-state index in [9.17, 15) is 9.90 Å². The maximum atomic E-state index is 12.9. The molecule has 4 heteroatoms. The van der Waals surface area contributed by atoms with Crippen LogP contribution in [-0.4, -0.2) is 36.3 Å². The number of carbonyl (C=O) groups is 1. The molecule has 2 heterocycles. The van der Waals surface area contributed by atoms with Crippen molar-refractivity contribution in [3.8, 4) is 5.75 Å². The van der Waals surface area contributed by atoms with Gasteiger partial charge in [-0.15, -0.1) is 0 Å². The molecule has 0 spiro atoms. The molecule has 2 aromatic rings. The monoisotopic (exact) mass is 310 g/mol. The van der Waals surface area contributed by atoms with E-state index >= 15 is 0 Å². The van der Waals surface area contributed by atoms with Crippen LogP contribution in [0.4, 0.5) is 0 Å². The van der Waals surface area contributed by atoms with Gasteiger partial charge in [0.05, 0.1) is 25.4 Å². The molecule has 2 fully saturated rings. The first kappa shape index (κ1) is 14.4. The Morgan fingerprint density at radius 2 is 1.57 bits per heavy atom. The standard InChI is InChI=1S/C19H18O4/c20-18-7-6-15(19(21)12-4-2-1-3-5-12)16(8-13-10-22-13)17(18)9-14-11-23-14/h1-7,13-14,20H,8-11H2. The Kier molecular flexibility index (Phi) is 3.63. The van der Waals surface area contributed by atoms with Crippen LogP contribution in [0.5, 0.6) is 5.75 Å². The van der Waals surface area contributed by atoms with Gasteiger partial charge in [-0.3, -0.25) is 4.79 Å². The van der Waals surface area contributed by atoms with Crippen LogP contribution in [0.1, 0.15) is 27.0 Å². The fourth-order valence-electron chi connectivity index (χ4n) is 2.93. The van der Waals surface area contributed by atoms with Crippen molar-refractivity contribution in [3.05, 3.63) is 64.7 Å². The van der Waals surface area contributed by atoms with Crippen LogP contribution in [0.2, 0.25) is 0 Å². The molecule has 2 aliphatic rings. The van der Waals surface area contributed by atoms with Gasteiger partial charge in [0, 0.05) is 29.5 Å². The SMILES string of the molecule is O=C(c1ccccc1)c1ccc(O)c(CC2CO2)c1CC1CO1. The first-order chi connectivity index (χ1) is 11.2. The minimum atomic E-state index is -0.0146. The number of epoxide rings is 2. The zero-order valence-corrected chi connectivity index (χ0v) is 12.7. The van der Waals surface area contributed by atoms with Gasteiger partial charge in [0.2, 0.25) is 0 Å². The summed E-state index contributed by atoms with van der Waals surface area (Å²) >= 11 is 0. The summed E-state index contributed by atoms with van der Waals surface area (Å²) in [5.74, 6) is 0.222. The molecule has 0 aliphatic carbocycles. The van der Waals surface area contributed by atoms with Gasteiger partial charge >= 0.3 is 0 Å². The van der Waals surface area contributed by atoms with E-state index in [0.717, 1.165) is 17.7 Å². The summed E-state index contributed by atoms with van der Waals surface area (Å²) in [6.07, 6.45) is 1.61. The second kappa shape index (κ2) is 5.80. The molecule has 0 amide bonds. The molecular weight excluding hydrogens is 292 g/mol. The van der Waals surface area contributed by atoms with Crippen molar-refractivity contribution in [1.82, 2.24) is 0 Å². The minimum Gasteiger partial charge on any atom is -0.508 e. The molecule has 4 rings (SSSR count). The van der Waals surface area contributed by atoms with Crippen LogP contribution in [0.25, 0.3) is 0 Å². The highest BCUT2D eigenvalue weighted by Crippen LogP contribution is 2.33. The van der Waals surface area contributed by atoms with E-state index in [4.69, 9.17) is 9.47 Å². The van der Waals surface area contributed by atoms with Crippen LogP contribution in [0.15, 0.2) is 42.5 Å². The predicted molar refractivity (Wildman–Crippen MR) is 84.9 cm³/mol. The Morgan fingerprint density at radius 3 is 2.17 bits per heavy atom. The van der Waals surface area contributed by atoms with Crippen molar-refractivity contribution >= 4 is 5.78 Å². The summed E-state index contributed by atoms with van der Waals surface area (Å²) in [6.45, 7) is 1.43. The number of phenolic OH excluding ortho intramolecular Hbond substituents is 1. The summed E-state index contributed by atoms with van der Waals surface area (Å²) < 4.78 is 10.6. The second-order valence-electron chi connectivity index (χ2n) is 6.10. The number of ketones is 1. The highest BCUT2D eigenvalue weighted by Gasteiger charge is 2.31. The third-order valence-electron chi connectivity index (χ3n) is 4.36. The summed E-state index contributed by atoms with van der Waals surface area (Å²) in [7, 11) is 0. The molecule has 0 aromatic heterocycles. The third-order valence-corrected chi connectivity index (χ3v) is 4.36. The molecule has 2 unspecified atom stereocenters. The zero-order valence-electron chi connectivity index (χ0n) is 12.7. The minimum absolute atomic E-state index is 0.0146. The van der Waals surface area contributed by atoms with E-state index in [-0.39, 0.29) is 23.7 Å². The number of benzene rings is 2. The number of phenols is 1. The van der Waals surface area contributed by atoms with Gasteiger partial charge in [-0.25, -0.2) is 0 Å². The highest BCUT2D eigenvalue weighted by molar-refractivity contribution is 6.10. The van der Waals surface area contributed by atoms with Gasteiger partial charge in [0.1, 0.15) is 5.75 Å². The molecule has 2 aromatic carbocycles. The molecule has 0 bridgehead atoms. The molecular formula is C19H18O4. The molecule has 0 radical (unpaired) electrons.